The van der Waals surface area contributed by atoms with Crippen LogP contribution in [0.2, 0.25) is 0 Å². The van der Waals surface area contributed by atoms with Gasteiger partial charge in [-0.05, 0) is 48.6 Å². The lowest BCUT2D eigenvalue weighted by atomic mass is 10.1. The largest absolute Gasteiger partial charge is 0.379 e. The van der Waals surface area contributed by atoms with Gasteiger partial charge in [-0.3, -0.25) is 14.0 Å². The van der Waals surface area contributed by atoms with E-state index in [4.69, 9.17) is 4.74 Å². The molecule has 7 nitrogen and oxygen atoms in total. The van der Waals surface area contributed by atoms with Gasteiger partial charge in [0.15, 0.2) is 0 Å². The van der Waals surface area contributed by atoms with Crippen LogP contribution in [0.25, 0.3) is 0 Å². The van der Waals surface area contributed by atoms with E-state index in [-0.39, 0.29) is 5.91 Å². The molecule has 0 radical (unpaired) electrons. The Morgan fingerprint density at radius 1 is 1.09 bits per heavy atom. The number of nitrogens with zero attached hydrogens (tertiary/aromatic N) is 2. The summed E-state index contributed by atoms with van der Waals surface area (Å²) in [6.07, 6.45) is 1.52. The van der Waals surface area contributed by atoms with Gasteiger partial charge in [-0.2, -0.15) is 0 Å². The molecule has 2 aromatic rings. The highest BCUT2D eigenvalue weighted by Gasteiger charge is 2.32. The van der Waals surface area contributed by atoms with E-state index < -0.39 is 16.1 Å². The maximum atomic E-state index is 13.1. The summed E-state index contributed by atoms with van der Waals surface area (Å²) in [5.74, 6) is -0.304. The Hall–Kier alpha value is -2.42. The van der Waals surface area contributed by atoms with Crippen LogP contribution in [0.5, 0.6) is 0 Å². The number of benzene rings is 2. The second kappa shape index (κ2) is 11.1. The normalized spacial score (nSPS) is 15.8. The van der Waals surface area contributed by atoms with Gasteiger partial charge in [-0.1, -0.05) is 43.3 Å². The minimum atomic E-state index is -3.66. The van der Waals surface area contributed by atoms with Crippen molar-refractivity contribution in [3.8, 4) is 0 Å². The summed E-state index contributed by atoms with van der Waals surface area (Å²) in [7, 11) is -3.66. The van der Waals surface area contributed by atoms with E-state index in [0.717, 1.165) is 55.8 Å². The number of sulfonamides is 1. The zero-order chi connectivity index (χ0) is 24.0. The third kappa shape index (κ3) is 6.79. The van der Waals surface area contributed by atoms with Crippen LogP contribution in [0.15, 0.2) is 42.5 Å². The van der Waals surface area contributed by atoms with E-state index in [1.165, 1.54) is 9.87 Å². The Balaban J connectivity index is 1.68. The van der Waals surface area contributed by atoms with Crippen molar-refractivity contribution in [1.29, 1.82) is 0 Å². The molecule has 0 aromatic heterocycles. The molecule has 1 saturated heterocycles. The molecule has 180 valence electrons. The number of carbonyl (C=O) groups excluding carboxylic acids is 1. The number of anilines is 1. The SMILES string of the molecule is CCC(C(=O)NCc1ccc(CN2CCOCC2)cc1)N(c1cc(C)ccc1C)S(C)(=O)=O. The second-order valence-electron chi connectivity index (χ2n) is 8.70. The Labute approximate surface area is 197 Å². The molecule has 1 unspecified atom stereocenters. The standard InChI is InChI=1S/C25H35N3O4S/c1-5-23(28(33(4,30)31)24-16-19(2)6-7-20(24)3)25(29)26-17-21-8-10-22(11-9-21)18-27-12-14-32-15-13-27/h6-11,16,23H,5,12-15,17-18H2,1-4H3,(H,26,29). The molecule has 0 saturated carbocycles. The van der Waals surface area contributed by atoms with Crippen LogP contribution in [-0.2, 0) is 32.6 Å². The molecule has 8 heteroatoms. The summed E-state index contributed by atoms with van der Waals surface area (Å²) >= 11 is 0. The van der Waals surface area contributed by atoms with E-state index in [2.05, 4.69) is 22.3 Å². The zero-order valence-electron chi connectivity index (χ0n) is 20.0. The van der Waals surface area contributed by atoms with Crippen LogP contribution >= 0.6 is 0 Å². The molecule has 1 aliphatic rings. The van der Waals surface area contributed by atoms with Gasteiger partial charge < -0.3 is 10.1 Å². The number of hydrogen-bond donors (Lipinski definition) is 1. The first-order chi connectivity index (χ1) is 15.7. The number of amides is 1. The highest BCUT2D eigenvalue weighted by Crippen LogP contribution is 2.27. The van der Waals surface area contributed by atoms with Crippen LogP contribution in [0.1, 0.15) is 35.6 Å². The van der Waals surface area contributed by atoms with Gasteiger partial charge in [0, 0.05) is 26.2 Å². The van der Waals surface area contributed by atoms with Crippen molar-refractivity contribution in [1.82, 2.24) is 10.2 Å². The van der Waals surface area contributed by atoms with Crippen molar-refractivity contribution in [2.75, 3.05) is 36.9 Å². The molecule has 33 heavy (non-hydrogen) atoms. The summed E-state index contributed by atoms with van der Waals surface area (Å²) in [6, 6.07) is 13.0. The Kier molecular flexibility index (Phi) is 8.51. The fourth-order valence-electron chi connectivity index (χ4n) is 4.08. The van der Waals surface area contributed by atoms with Gasteiger partial charge in [0.25, 0.3) is 0 Å². The molecule has 0 spiro atoms. The van der Waals surface area contributed by atoms with E-state index in [0.29, 0.717) is 18.7 Å². The van der Waals surface area contributed by atoms with Crippen molar-refractivity contribution in [3.63, 3.8) is 0 Å². The van der Waals surface area contributed by atoms with Crippen LogP contribution in [-0.4, -0.2) is 57.8 Å². The molecule has 1 heterocycles. The molecule has 1 amide bonds. The van der Waals surface area contributed by atoms with Crippen LogP contribution < -0.4 is 9.62 Å². The minimum absolute atomic E-state index is 0.304. The summed E-state index contributed by atoms with van der Waals surface area (Å²) in [4.78, 5) is 15.5. The first kappa shape index (κ1) is 25.2. The van der Waals surface area contributed by atoms with Gasteiger partial charge in [-0.25, -0.2) is 8.42 Å². The average molecular weight is 474 g/mol. The average Bonchev–Trinajstić information content (AvgIpc) is 2.78. The Bertz CT molecular complexity index is 1050. The summed E-state index contributed by atoms with van der Waals surface area (Å²) in [6.45, 7) is 10.2. The van der Waals surface area contributed by atoms with Crippen molar-refractivity contribution >= 4 is 21.6 Å². The fourth-order valence-corrected chi connectivity index (χ4v) is 5.34. The number of carbonyl (C=O) groups is 1. The van der Waals surface area contributed by atoms with E-state index in [1.807, 2.05) is 51.1 Å². The molecule has 3 rings (SSSR count). The number of nitrogens with one attached hydrogen (secondary N) is 1. The number of morpholine rings is 1. The van der Waals surface area contributed by atoms with Gasteiger partial charge in [-0.15, -0.1) is 0 Å². The summed E-state index contributed by atoms with van der Waals surface area (Å²) in [5, 5.41) is 2.94. The third-order valence-corrected chi connectivity index (χ3v) is 7.10. The van der Waals surface area contributed by atoms with Crippen molar-refractivity contribution in [2.45, 2.75) is 46.3 Å². The van der Waals surface area contributed by atoms with Gasteiger partial charge in [0.1, 0.15) is 6.04 Å². The predicted molar refractivity (Wildman–Crippen MR) is 132 cm³/mol. The highest BCUT2D eigenvalue weighted by atomic mass is 32.2. The Morgan fingerprint density at radius 3 is 2.33 bits per heavy atom. The maximum Gasteiger partial charge on any atom is 0.244 e. The monoisotopic (exact) mass is 473 g/mol. The molecule has 0 bridgehead atoms. The molecule has 1 aliphatic heterocycles. The van der Waals surface area contributed by atoms with Crippen molar-refractivity contribution < 1.29 is 17.9 Å². The lowest BCUT2D eigenvalue weighted by Crippen LogP contribution is -2.49. The lowest BCUT2D eigenvalue weighted by Gasteiger charge is -2.31. The fraction of sp³-hybridized carbons (Fsp3) is 0.480. The van der Waals surface area contributed by atoms with Crippen LogP contribution in [0, 0.1) is 13.8 Å². The predicted octanol–water partition coefficient (Wildman–Crippen LogP) is 3.00. The molecule has 0 aliphatic carbocycles. The Morgan fingerprint density at radius 2 is 1.73 bits per heavy atom. The van der Waals surface area contributed by atoms with E-state index >= 15 is 0 Å². The van der Waals surface area contributed by atoms with Gasteiger partial charge >= 0.3 is 0 Å². The van der Waals surface area contributed by atoms with Crippen molar-refractivity contribution in [2.24, 2.45) is 0 Å². The van der Waals surface area contributed by atoms with Gasteiger partial charge in [0.05, 0.1) is 25.2 Å². The molecule has 2 aromatic carbocycles. The van der Waals surface area contributed by atoms with Crippen LogP contribution in [0.4, 0.5) is 5.69 Å². The summed E-state index contributed by atoms with van der Waals surface area (Å²) < 4.78 is 32.1. The maximum absolute atomic E-state index is 13.1. The zero-order valence-corrected chi connectivity index (χ0v) is 20.8. The number of ether oxygens (including phenoxy) is 1. The van der Waals surface area contributed by atoms with E-state index in [9.17, 15) is 13.2 Å². The molecule has 1 N–H and O–H groups in total. The highest BCUT2D eigenvalue weighted by molar-refractivity contribution is 7.92. The molecular weight excluding hydrogens is 438 g/mol. The molecular formula is C25H35N3O4S. The number of aryl methyl sites for hydroxylation is 2. The first-order valence-electron chi connectivity index (χ1n) is 11.4. The second-order valence-corrected chi connectivity index (χ2v) is 10.6. The lowest BCUT2D eigenvalue weighted by molar-refractivity contribution is -0.122. The smallest absolute Gasteiger partial charge is 0.244 e. The minimum Gasteiger partial charge on any atom is -0.379 e. The van der Waals surface area contributed by atoms with Gasteiger partial charge in [0.2, 0.25) is 15.9 Å². The molecule has 1 atom stereocenters. The first-order valence-corrected chi connectivity index (χ1v) is 13.3. The van der Waals surface area contributed by atoms with Crippen LogP contribution in [0.3, 0.4) is 0 Å². The third-order valence-electron chi connectivity index (χ3n) is 5.93. The summed E-state index contributed by atoms with van der Waals surface area (Å²) in [5.41, 5.74) is 4.50. The topological polar surface area (TPSA) is 79.0 Å². The number of rotatable bonds is 9. The molecule has 1 fully saturated rings. The van der Waals surface area contributed by atoms with Crippen molar-refractivity contribution in [3.05, 3.63) is 64.7 Å². The number of hydrogen-bond acceptors (Lipinski definition) is 5. The van der Waals surface area contributed by atoms with E-state index in [1.54, 1.807) is 0 Å². The quantitative estimate of drug-likeness (QED) is 0.606.